The van der Waals surface area contributed by atoms with Crippen molar-refractivity contribution in [3.05, 3.63) is 48.0 Å². The van der Waals surface area contributed by atoms with E-state index in [0.717, 1.165) is 37.7 Å². The van der Waals surface area contributed by atoms with E-state index in [2.05, 4.69) is 5.32 Å². The molecule has 0 bridgehead atoms. The van der Waals surface area contributed by atoms with E-state index >= 15 is 0 Å². The maximum absolute atomic E-state index is 13.4. The van der Waals surface area contributed by atoms with Gasteiger partial charge in [-0.2, -0.15) is 0 Å². The fraction of sp³-hybridized carbons (Fsp3) is 0.577. The van der Waals surface area contributed by atoms with Crippen LogP contribution in [0.3, 0.4) is 0 Å². The molecule has 1 fully saturated rings. The standard InChI is InChI=1S/C26H36N2O5/c29-18-22(16-20-10-5-4-6-11-20)27-24(30)17-21-12-7-2-1-3-8-14-25(31)33-19-23-13-9-15-28(23)26(21)32/h2,4-7,10-11,21-23,29H,1,3,8-9,12-19H2,(H,27,30)/t21-,22-,23+/m1/s1. The highest BCUT2D eigenvalue weighted by molar-refractivity contribution is 5.86. The summed E-state index contributed by atoms with van der Waals surface area (Å²) in [4.78, 5) is 40.0. The summed E-state index contributed by atoms with van der Waals surface area (Å²) in [6.07, 6.45) is 9.69. The smallest absolute Gasteiger partial charge is 0.305 e. The second kappa shape index (κ2) is 13.1. The predicted molar refractivity (Wildman–Crippen MR) is 125 cm³/mol. The molecule has 0 aromatic heterocycles. The van der Waals surface area contributed by atoms with E-state index in [-0.39, 0.29) is 43.5 Å². The lowest BCUT2D eigenvalue weighted by Crippen LogP contribution is -2.45. The van der Waals surface area contributed by atoms with Gasteiger partial charge in [-0.05, 0) is 50.5 Å². The minimum atomic E-state index is -0.475. The minimum Gasteiger partial charge on any atom is -0.463 e. The van der Waals surface area contributed by atoms with Crippen LogP contribution in [0.25, 0.3) is 0 Å². The number of nitrogens with zero attached hydrogens (tertiary/aromatic N) is 1. The number of aliphatic hydroxyl groups excluding tert-OH is 1. The van der Waals surface area contributed by atoms with Crippen LogP contribution in [0.15, 0.2) is 42.5 Å². The number of benzene rings is 1. The number of carbonyl (C=O) groups is 3. The molecule has 2 aliphatic heterocycles. The number of hydrogen-bond acceptors (Lipinski definition) is 5. The lowest BCUT2D eigenvalue weighted by Gasteiger charge is -2.28. The monoisotopic (exact) mass is 456 g/mol. The molecule has 1 aromatic carbocycles. The zero-order valence-electron chi connectivity index (χ0n) is 19.3. The van der Waals surface area contributed by atoms with Gasteiger partial charge >= 0.3 is 5.97 Å². The zero-order valence-corrected chi connectivity index (χ0v) is 19.3. The Balaban J connectivity index is 1.65. The lowest BCUT2D eigenvalue weighted by molar-refractivity contribution is -0.148. The SMILES string of the molecule is O=C(C[C@H]1CC=CCCCCC(=O)OC[C@@H]2CCCN2C1=O)N[C@@H](CO)Cc1ccccc1. The molecule has 3 atom stereocenters. The number of ether oxygens (including phenoxy) is 1. The predicted octanol–water partition coefficient (Wildman–Crippen LogP) is 2.77. The van der Waals surface area contributed by atoms with Crippen molar-refractivity contribution in [1.82, 2.24) is 10.2 Å². The quantitative estimate of drug-likeness (QED) is 0.507. The Bertz CT molecular complexity index is 810. The van der Waals surface area contributed by atoms with Crippen molar-refractivity contribution in [3.8, 4) is 0 Å². The van der Waals surface area contributed by atoms with Gasteiger partial charge in [-0.15, -0.1) is 0 Å². The number of aliphatic hydroxyl groups is 1. The first-order valence-electron chi connectivity index (χ1n) is 12.1. The summed E-state index contributed by atoms with van der Waals surface area (Å²) in [6, 6.07) is 9.17. The summed E-state index contributed by atoms with van der Waals surface area (Å²) in [5, 5.41) is 12.7. The third-order valence-electron chi connectivity index (χ3n) is 6.38. The second-order valence-electron chi connectivity index (χ2n) is 9.00. The molecule has 2 heterocycles. The summed E-state index contributed by atoms with van der Waals surface area (Å²) in [5.74, 6) is -0.981. The molecule has 2 amide bonds. The number of rotatable bonds is 6. The van der Waals surface area contributed by atoms with Crippen molar-refractivity contribution in [3.63, 3.8) is 0 Å². The fourth-order valence-electron chi connectivity index (χ4n) is 4.55. The van der Waals surface area contributed by atoms with E-state index in [1.165, 1.54) is 0 Å². The molecule has 2 aliphatic rings. The number of hydrogen-bond donors (Lipinski definition) is 2. The van der Waals surface area contributed by atoms with Crippen LogP contribution >= 0.6 is 0 Å². The van der Waals surface area contributed by atoms with Crippen LogP contribution in [0, 0.1) is 5.92 Å². The van der Waals surface area contributed by atoms with Crippen molar-refractivity contribution in [2.75, 3.05) is 19.8 Å². The summed E-state index contributed by atoms with van der Waals surface area (Å²) >= 11 is 0. The summed E-state index contributed by atoms with van der Waals surface area (Å²) in [6.45, 7) is 0.678. The highest BCUT2D eigenvalue weighted by Crippen LogP contribution is 2.24. The molecule has 180 valence electrons. The van der Waals surface area contributed by atoms with Crippen molar-refractivity contribution in [2.24, 2.45) is 5.92 Å². The van der Waals surface area contributed by atoms with Crippen LogP contribution in [0.2, 0.25) is 0 Å². The molecule has 3 rings (SSSR count). The van der Waals surface area contributed by atoms with E-state index in [0.29, 0.717) is 25.8 Å². The van der Waals surface area contributed by atoms with Gasteiger partial charge in [0.25, 0.3) is 0 Å². The van der Waals surface area contributed by atoms with Gasteiger partial charge in [-0.3, -0.25) is 14.4 Å². The molecule has 0 spiro atoms. The van der Waals surface area contributed by atoms with Crippen LogP contribution in [0.5, 0.6) is 0 Å². The summed E-state index contributed by atoms with van der Waals surface area (Å²) < 4.78 is 5.43. The Morgan fingerprint density at radius 2 is 1.97 bits per heavy atom. The Morgan fingerprint density at radius 3 is 2.76 bits per heavy atom. The molecular weight excluding hydrogens is 420 g/mol. The number of allylic oxidation sites excluding steroid dienone is 2. The average molecular weight is 457 g/mol. The van der Waals surface area contributed by atoms with Crippen molar-refractivity contribution < 1.29 is 24.2 Å². The van der Waals surface area contributed by atoms with Gasteiger partial charge in [0, 0.05) is 19.4 Å². The maximum atomic E-state index is 13.4. The van der Waals surface area contributed by atoms with Crippen molar-refractivity contribution in [1.29, 1.82) is 0 Å². The molecule has 0 radical (unpaired) electrons. The highest BCUT2D eigenvalue weighted by atomic mass is 16.5. The molecule has 0 aliphatic carbocycles. The van der Waals surface area contributed by atoms with Gasteiger partial charge in [0.05, 0.1) is 24.6 Å². The zero-order chi connectivity index (χ0) is 23.5. The summed E-state index contributed by atoms with van der Waals surface area (Å²) in [5.41, 5.74) is 1.03. The van der Waals surface area contributed by atoms with Gasteiger partial charge in [0.2, 0.25) is 11.8 Å². The first kappa shape index (κ1) is 25.0. The van der Waals surface area contributed by atoms with Gasteiger partial charge in [-0.25, -0.2) is 0 Å². The van der Waals surface area contributed by atoms with Gasteiger partial charge in [0.1, 0.15) is 6.61 Å². The molecule has 0 unspecified atom stereocenters. The largest absolute Gasteiger partial charge is 0.463 e. The number of carbonyl (C=O) groups excluding carboxylic acids is 3. The Labute approximate surface area is 196 Å². The number of fused-ring (bicyclic) bond motifs is 1. The first-order valence-corrected chi connectivity index (χ1v) is 12.1. The highest BCUT2D eigenvalue weighted by Gasteiger charge is 2.34. The van der Waals surface area contributed by atoms with E-state index in [1.54, 1.807) is 4.90 Å². The number of esters is 1. The number of nitrogens with one attached hydrogen (secondary N) is 1. The van der Waals surface area contributed by atoms with Crippen LogP contribution in [0.4, 0.5) is 0 Å². The average Bonchev–Trinajstić information content (AvgIpc) is 3.29. The van der Waals surface area contributed by atoms with E-state index in [4.69, 9.17) is 4.74 Å². The third-order valence-corrected chi connectivity index (χ3v) is 6.38. The molecule has 7 heteroatoms. The second-order valence-corrected chi connectivity index (χ2v) is 9.00. The number of cyclic esters (lactones) is 1. The molecule has 1 saturated heterocycles. The van der Waals surface area contributed by atoms with Crippen LogP contribution in [0.1, 0.15) is 56.9 Å². The van der Waals surface area contributed by atoms with Gasteiger partial charge in [-0.1, -0.05) is 42.5 Å². The molecular formula is C26H36N2O5. The topological polar surface area (TPSA) is 95.9 Å². The van der Waals surface area contributed by atoms with Gasteiger partial charge < -0.3 is 20.1 Å². The summed E-state index contributed by atoms with van der Waals surface area (Å²) in [7, 11) is 0. The van der Waals surface area contributed by atoms with Gasteiger partial charge in [0.15, 0.2) is 0 Å². The Morgan fingerprint density at radius 1 is 1.15 bits per heavy atom. The maximum Gasteiger partial charge on any atom is 0.305 e. The van der Waals surface area contributed by atoms with E-state index in [1.807, 2.05) is 42.5 Å². The fourth-order valence-corrected chi connectivity index (χ4v) is 4.55. The van der Waals surface area contributed by atoms with Crippen LogP contribution in [-0.2, 0) is 25.5 Å². The molecule has 1 aromatic rings. The third kappa shape index (κ3) is 8.00. The minimum absolute atomic E-state index is 0.0611. The first-order chi connectivity index (χ1) is 16.1. The molecule has 33 heavy (non-hydrogen) atoms. The molecule has 7 nitrogen and oxygen atoms in total. The van der Waals surface area contributed by atoms with Crippen molar-refractivity contribution >= 4 is 17.8 Å². The Hall–Kier alpha value is -2.67. The number of amides is 2. The molecule has 2 N–H and O–H groups in total. The Kier molecular flexibility index (Phi) is 9.94. The lowest BCUT2D eigenvalue weighted by atomic mass is 9.97. The van der Waals surface area contributed by atoms with Crippen LogP contribution in [-0.4, -0.2) is 59.6 Å². The van der Waals surface area contributed by atoms with Crippen molar-refractivity contribution in [2.45, 2.75) is 69.9 Å². The van der Waals surface area contributed by atoms with E-state index in [9.17, 15) is 19.5 Å². The van der Waals surface area contributed by atoms with Crippen LogP contribution < -0.4 is 5.32 Å². The normalized spacial score (nSPS) is 23.4. The van der Waals surface area contributed by atoms with E-state index < -0.39 is 12.0 Å². The molecule has 0 saturated carbocycles.